The molecule has 6 atom stereocenters. The summed E-state index contributed by atoms with van der Waals surface area (Å²) < 4.78 is 22.8. The molecule has 0 unspecified atom stereocenters. The van der Waals surface area contributed by atoms with Crippen molar-refractivity contribution in [2.45, 2.75) is 75.9 Å². The fourth-order valence-corrected chi connectivity index (χ4v) is 3.06. The summed E-state index contributed by atoms with van der Waals surface area (Å²) >= 11 is 0. The van der Waals surface area contributed by atoms with Gasteiger partial charge in [0.1, 0.15) is 36.6 Å². The van der Waals surface area contributed by atoms with E-state index in [2.05, 4.69) is 0 Å². The Balaban J connectivity index is 1.91. The third kappa shape index (κ3) is 1.79. The number of hydrogen-bond acceptors (Lipinski definition) is 6. The van der Waals surface area contributed by atoms with Gasteiger partial charge in [0.2, 0.25) is 0 Å². The number of fused-ring (bicyclic) bond motifs is 3. The van der Waals surface area contributed by atoms with E-state index in [0.29, 0.717) is 0 Å². The van der Waals surface area contributed by atoms with Gasteiger partial charge in [-0.3, -0.25) is 0 Å². The molecule has 0 aromatic carbocycles. The zero-order chi connectivity index (χ0) is 13.3. The van der Waals surface area contributed by atoms with E-state index in [9.17, 15) is 10.2 Å². The molecule has 0 aromatic heterocycles. The number of rotatable bonds is 0. The molecule has 0 spiro atoms. The van der Waals surface area contributed by atoms with Crippen LogP contribution in [0.3, 0.4) is 0 Å². The maximum Gasteiger partial charge on any atom is 0.164 e. The molecule has 3 rings (SSSR count). The highest BCUT2D eigenvalue weighted by atomic mass is 16.8. The second-order valence-electron chi connectivity index (χ2n) is 6.11. The smallest absolute Gasteiger partial charge is 0.164 e. The molecule has 2 saturated heterocycles. The molecule has 2 aliphatic heterocycles. The lowest BCUT2D eigenvalue weighted by molar-refractivity contribution is -0.185. The van der Waals surface area contributed by atoms with Gasteiger partial charge in [0.25, 0.3) is 0 Å². The van der Waals surface area contributed by atoms with Gasteiger partial charge in [-0.2, -0.15) is 0 Å². The fraction of sp³-hybridized carbons (Fsp3) is 1.00. The average Bonchev–Trinajstić information content (AvgIpc) is 2.71. The molecule has 1 aliphatic carbocycles. The molecule has 0 amide bonds. The van der Waals surface area contributed by atoms with Crippen LogP contribution in [0.5, 0.6) is 0 Å². The molecule has 18 heavy (non-hydrogen) atoms. The topological polar surface area (TPSA) is 77.4 Å². The van der Waals surface area contributed by atoms with Crippen LogP contribution in [-0.4, -0.2) is 58.4 Å². The van der Waals surface area contributed by atoms with Gasteiger partial charge in [-0.15, -0.1) is 0 Å². The highest BCUT2D eigenvalue weighted by molar-refractivity contribution is 5.07. The number of aliphatic hydroxyl groups is 2. The predicted molar refractivity (Wildman–Crippen MR) is 59.7 cm³/mol. The van der Waals surface area contributed by atoms with Crippen molar-refractivity contribution in [2.24, 2.45) is 0 Å². The first-order valence-electron chi connectivity index (χ1n) is 6.28. The second-order valence-corrected chi connectivity index (χ2v) is 6.11. The summed E-state index contributed by atoms with van der Waals surface area (Å²) in [4.78, 5) is 0. The van der Waals surface area contributed by atoms with E-state index in [0.717, 1.165) is 0 Å². The monoisotopic (exact) mass is 260 g/mol. The molecule has 104 valence electrons. The Morgan fingerprint density at radius 3 is 1.22 bits per heavy atom. The van der Waals surface area contributed by atoms with Crippen LogP contribution in [0.15, 0.2) is 0 Å². The molecule has 6 nitrogen and oxygen atoms in total. The Hall–Kier alpha value is -0.240. The van der Waals surface area contributed by atoms with E-state index in [1.165, 1.54) is 0 Å². The molecular weight excluding hydrogens is 240 g/mol. The normalized spacial score (nSPS) is 53.0. The van der Waals surface area contributed by atoms with E-state index in [4.69, 9.17) is 18.9 Å². The van der Waals surface area contributed by atoms with Crippen molar-refractivity contribution in [3.63, 3.8) is 0 Å². The molecule has 2 heterocycles. The van der Waals surface area contributed by atoms with Crippen LogP contribution >= 0.6 is 0 Å². The van der Waals surface area contributed by atoms with Gasteiger partial charge in [0.05, 0.1) is 0 Å². The minimum atomic E-state index is -1.03. The van der Waals surface area contributed by atoms with E-state index in [1.807, 2.05) is 0 Å². The van der Waals surface area contributed by atoms with Crippen molar-refractivity contribution in [3.8, 4) is 0 Å². The summed E-state index contributed by atoms with van der Waals surface area (Å²) in [6, 6.07) is 0. The maximum absolute atomic E-state index is 10.1. The molecule has 3 aliphatic rings. The van der Waals surface area contributed by atoms with Crippen LogP contribution in [0, 0.1) is 0 Å². The maximum atomic E-state index is 10.1. The molecule has 2 N–H and O–H groups in total. The Morgan fingerprint density at radius 2 is 0.889 bits per heavy atom. The van der Waals surface area contributed by atoms with Gasteiger partial charge in [-0.25, -0.2) is 0 Å². The van der Waals surface area contributed by atoms with Gasteiger partial charge in [-0.05, 0) is 27.7 Å². The van der Waals surface area contributed by atoms with Gasteiger partial charge in [0.15, 0.2) is 11.6 Å². The summed E-state index contributed by atoms with van der Waals surface area (Å²) in [7, 11) is 0. The van der Waals surface area contributed by atoms with E-state index in [-0.39, 0.29) is 0 Å². The van der Waals surface area contributed by atoms with Gasteiger partial charge in [0, 0.05) is 0 Å². The lowest BCUT2D eigenvalue weighted by atomic mass is 9.85. The largest absolute Gasteiger partial charge is 0.387 e. The first-order valence-corrected chi connectivity index (χ1v) is 6.28. The summed E-state index contributed by atoms with van der Waals surface area (Å²) in [6.45, 7) is 7.11. The van der Waals surface area contributed by atoms with Crippen molar-refractivity contribution in [1.82, 2.24) is 0 Å². The first kappa shape index (κ1) is 12.8. The molecule has 1 saturated carbocycles. The third-order valence-corrected chi connectivity index (χ3v) is 3.67. The minimum absolute atomic E-state index is 0.426. The quantitative estimate of drug-likeness (QED) is 0.626. The molecule has 0 aromatic rings. The van der Waals surface area contributed by atoms with Crippen LogP contribution in [0.4, 0.5) is 0 Å². The highest BCUT2D eigenvalue weighted by Crippen LogP contribution is 2.44. The number of ether oxygens (including phenoxy) is 4. The Morgan fingerprint density at radius 1 is 0.611 bits per heavy atom. The van der Waals surface area contributed by atoms with Gasteiger partial charge in [-0.1, -0.05) is 0 Å². The molecule has 6 heteroatoms. The first-order chi connectivity index (χ1) is 8.20. The van der Waals surface area contributed by atoms with Crippen LogP contribution in [0.2, 0.25) is 0 Å². The van der Waals surface area contributed by atoms with Crippen LogP contribution in [0.1, 0.15) is 27.7 Å². The third-order valence-electron chi connectivity index (χ3n) is 3.67. The zero-order valence-electron chi connectivity index (χ0n) is 11.0. The molecular formula is C12H20O6. The van der Waals surface area contributed by atoms with Gasteiger partial charge >= 0.3 is 0 Å². The average molecular weight is 260 g/mol. The van der Waals surface area contributed by atoms with Crippen LogP contribution in [-0.2, 0) is 18.9 Å². The minimum Gasteiger partial charge on any atom is -0.387 e. The summed E-state index contributed by atoms with van der Waals surface area (Å²) in [5, 5.41) is 20.2. The lowest BCUT2D eigenvalue weighted by Gasteiger charge is -2.38. The van der Waals surface area contributed by atoms with Crippen LogP contribution < -0.4 is 0 Å². The second kappa shape index (κ2) is 3.65. The van der Waals surface area contributed by atoms with Gasteiger partial charge < -0.3 is 29.2 Å². The zero-order valence-corrected chi connectivity index (χ0v) is 11.0. The SMILES string of the molecule is CC1(C)O[C@@H]2[C@@H]3OC(C)(C)O[C@H]3[C@H](O)[C@H](O)[C@H]2O1. The van der Waals surface area contributed by atoms with Crippen molar-refractivity contribution in [1.29, 1.82) is 0 Å². The van der Waals surface area contributed by atoms with Crippen molar-refractivity contribution in [3.05, 3.63) is 0 Å². The van der Waals surface area contributed by atoms with Crippen molar-refractivity contribution in [2.75, 3.05) is 0 Å². The predicted octanol–water partition coefficient (Wildman–Crippen LogP) is -0.238. The molecule has 0 radical (unpaired) electrons. The van der Waals surface area contributed by atoms with E-state index >= 15 is 0 Å². The Bertz CT molecular complexity index is 320. The Kier molecular flexibility index (Phi) is 2.59. The Labute approximate surface area is 106 Å². The van der Waals surface area contributed by atoms with E-state index in [1.54, 1.807) is 27.7 Å². The lowest BCUT2D eigenvalue weighted by Crippen LogP contribution is -2.61. The molecule has 0 bridgehead atoms. The van der Waals surface area contributed by atoms with E-state index < -0.39 is 48.2 Å². The standard InChI is InChI=1S/C12H20O6/c1-11(2)15-7-5(13)6(14)8-10(9(7)17-11)18-12(3,4)16-8/h5-10,13-14H,1-4H3/t5-,6+,7+,8-,9-,10+. The summed E-state index contributed by atoms with van der Waals surface area (Å²) in [6.07, 6.45) is -4.09. The van der Waals surface area contributed by atoms with Crippen molar-refractivity contribution >= 4 is 0 Å². The number of aliphatic hydroxyl groups excluding tert-OH is 2. The van der Waals surface area contributed by atoms with Crippen LogP contribution in [0.25, 0.3) is 0 Å². The highest BCUT2D eigenvalue weighted by Gasteiger charge is 2.62. The fourth-order valence-electron chi connectivity index (χ4n) is 3.06. The molecule has 3 fully saturated rings. The summed E-state index contributed by atoms with van der Waals surface area (Å²) in [5.74, 6) is -1.58. The number of hydrogen-bond donors (Lipinski definition) is 2. The summed E-state index contributed by atoms with van der Waals surface area (Å²) in [5.41, 5.74) is 0. The van der Waals surface area contributed by atoms with Crippen molar-refractivity contribution < 1.29 is 29.2 Å².